The summed E-state index contributed by atoms with van der Waals surface area (Å²) in [5.41, 5.74) is 5.50. The Bertz CT molecular complexity index is 660. The van der Waals surface area contributed by atoms with Gasteiger partial charge in [-0.15, -0.1) is 0 Å². The van der Waals surface area contributed by atoms with Crippen molar-refractivity contribution in [2.45, 2.75) is 17.7 Å². The molecule has 7 heteroatoms. The van der Waals surface area contributed by atoms with Gasteiger partial charge in [-0.25, -0.2) is 8.42 Å². The Labute approximate surface area is 116 Å². The topological polar surface area (TPSA) is 80.5 Å². The molecule has 1 amide bonds. The highest BCUT2D eigenvalue weighted by Crippen LogP contribution is 2.54. The zero-order chi connectivity index (χ0) is 13.8. The van der Waals surface area contributed by atoms with Crippen molar-refractivity contribution in [3.8, 4) is 0 Å². The van der Waals surface area contributed by atoms with Gasteiger partial charge in [0.05, 0.1) is 4.90 Å². The Morgan fingerprint density at radius 3 is 2.42 bits per heavy atom. The number of carbonyl (C=O) groups is 1. The van der Waals surface area contributed by atoms with Crippen LogP contribution in [0.25, 0.3) is 0 Å². The normalized spacial score (nSPS) is 21.1. The van der Waals surface area contributed by atoms with E-state index in [9.17, 15) is 13.2 Å². The fourth-order valence-electron chi connectivity index (χ4n) is 2.37. The average Bonchev–Trinajstić information content (AvgIpc) is 3.06. The molecule has 1 saturated carbocycles. The molecule has 0 aromatic heterocycles. The third kappa shape index (κ3) is 2.13. The second-order valence-electron chi connectivity index (χ2n) is 5.31. The maximum atomic E-state index is 12.4. The van der Waals surface area contributed by atoms with Crippen molar-refractivity contribution in [3.05, 3.63) is 28.8 Å². The van der Waals surface area contributed by atoms with E-state index in [0.29, 0.717) is 13.1 Å². The van der Waals surface area contributed by atoms with Gasteiger partial charge < -0.3 is 5.73 Å². The summed E-state index contributed by atoms with van der Waals surface area (Å²) in [6, 6.07) is 3.99. The van der Waals surface area contributed by atoms with E-state index in [1.54, 1.807) is 0 Å². The van der Waals surface area contributed by atoms with Crippen LogP contribution in [-0.4, -0.2) is 31.7 Å². The van der Waals surface area contributed by atoms with Gasteiger partial charge in [-0.2, -0.15) is 4.31 Å². The highest BCUT2D eigenvalue weighted by Gasteiger charge is 2.55. The molecule has 1 heterocycles. The molecule has 1 aliphatic heterocycles. The number of nitrogens with zero attached hydrogens (tertiary/aromatic N) is 1. The molecule has 1 saturated heterocycles. The maximum Gasteiger partial charge on any atom is 0.248 e. The van der Waals surface area contributed by atoms with Gasteiger partial charge in [-0.1, -0.05) is 11.6 Å². The van der Waals surface area contributed by atoms with Crippen LogP contribution in [0.2, 0.25) is 5.02 Å². The second-order valence-corrected chi connectivity index (χ2v) is 7.69. The van der Waals surface area contributed by atoms with Gasteiger partial charge in [0, 0.05) is 23.7 Å². The molecule has 1 spiro atoms. The zero-order valence-electron chi connectivity index (χ0n) is 10.1. The van der Waals surface area contributed by atoms with E-state index in [2.05, 4.69) is 0 Å². The van der Waals surface area contributed by atoms with Crippen LogP contribution in [0.3, 0.4) is 0 Å². The number of nitrogens with two attached hydrogens (primary N) is 1. The summed E-state index contributed by atoms with van der Waals surface area (Å²) in [6.45, 7) is 1.13. The molecule has 2 aliphatic rings. The first-order chi connectivity index (χ1) is 8.82. The Hall–Kier alpha value is -1.11. The molecule has 1 aliphatic carbocycles. The first-order valence-corrected chi connectivity index (χ1v) is 7.75. The van der Waals surface area contributed by atoms with Crippen molar-refractivity contribution in [1.29, 1.82) is 0 Å². The average molecular weight is 301 g/mol. The lowest BCUT2D eigenvalue weighted by Gasteiger charge is -2.38. The van der Waals surface area contributed by atoms with Crippen molar-refractivity contribution in [3.63, 3.8) is 0 Å². The molecule has 5 nitrogen and oxygen atoms in total. The highest BCUT2D eigenvalue weighted by atomic mass is 35.5. The first kappa shape index (κ1) is 12.9. The van der Waals surface area contributed by atoms with Gasteiger partial charge in [-0.05, 0) is 36.5 Å². The van der Waals surface area contributed by atoms with E-state index in [4.69, 9.17) is 17.3 Å². The fourth-order valence-corrected chi connectivity index (χ4v) is 4.41. The summed E-state index contributed by atoms with van der Waals surface area (Å²) >= 11 is 5.84. The molecule has 1 aromatic carbocycles. The molecule has 0 unspecified atom stereocenters. The van der Waals surface area contributed by atoms with E-state index >= 15 is 0 Å². The van der Waals surface area contributed by atoms with Crippen LogP contribution >= 0.6 is 11.6 Å². The lowest BCUT2D eigenvalue weighted by molar-refractivity contribution is 0.1000. The lowest BCUT2D eigenvalue weighted by Crippen LogP contribution is -2.51. The summed E-state index contributed by atoms with van der Waals surface area (Å²) in [4.78, 5) is 11.2. The highest BCUT2D eigenvalue weighted by molar-refractivity contribution is 7.89. The second kappa shape index (κ2) is 3.94. The van der Waals surface area contributed by atoms with Crippen LogP contribution in [0.1, 0.15) is 23.2 Å². The van der Waals surface area contributed by atoms with Gasteiger partial charge in [0.1, 0.15) is 0 Å². The van der Waals surface area contributed by atoms with Crippen LogP contribution in [-0.2, 0) is 10.0 Å². The number of rotatable bonds is 3. The Morgan fingerprint density at radius 1 is 1.26 bits per heavy atom. The smallest absolute Gasteiger partial charge is 0.248 e. The molecule has 3 rings (SSSR count). The summed E-state index contributed by atoms with van der Waals surface area (Å²) in [7, 11) is -3.57. The first-order valence-electron chi connectivity index (χ1n) is 5.93. The van der Waals surface area contributed by atoms with Gasteiger partial charge >= 0.3 is 0 Å². The largest absolute Gasteiger partial charge is 0.366 e. The maximum absolute atomic E-state index is 12.4. The van der Waals surface area contributed by atoms with Crippen LogP contribution < -0.4 is 5.73 Å². The monoisotopic (exact) mass is 300 g/mol. The van der Waals surface area contributed by atoms with Crippen molar-refractivity contribution in [1.82, 2.24) is 4.31 Å². The summed E-state index contributed by atoms with van der Waals surface area (Å²) in [5, 5.41) is 0.191. The van der Waals surface area contributed by atoms with Crippen LogP contribution in [0.15, 0.2) is 23.1 Å². The van der Waals surface area contributed by atoms with Gasteiger partial charge in [0.2, 0.25) is 15.9 Å². The molecule has 102 valence electrons. The third-order valence-corrected chi connectivity index (χ3v) is 5.76. The summed E-state index contributed by atoms with van der Waals surface area (Å²) in [6.07, 6.45) is 2.20. The SMILES string of the molecule is NC(=O)c1cc(Cl)cc(S(=O)(=O)N2CC3(CC3)C2)c1. The van der Waals surface area contributed by atoms with Crippen molar-refractivity contribution in [2.24, 2.45) is 11.1 Å². The minimum absolute atomic E-state index is 0.0318. The standard InChI is InChI=1S/C12H13ClN2O3S/c13-9-3-8(11(14)16)4-10(5-9)19(17,18)15-6-12(7-15)1-2-12/h3-5H,1-2,6-7H2,(H2,14,16). The Morgan fingerprint density at radius 2 is 1.89 bits per heavy atom. The van der Waals surface area contributed by atoms with Crippen LogP contribution in [0, 0.1) is 5.41 Å². The number of primary amides is 1. The zero-order valence-corrected chi connectivity index (χ0v) is 11.7. The number of hydrogen-bond donors (Lipinski definition) is 1. The van der Waals surface area contributed by atoms with E-state index in [-0.39, 0.29) is 20.9 Å². The van der Waals surface area contributed by atoms with Crippen LogP contribution in [0.5, 0.6) is 0 Å². The predicted molar refractivity (Wildman–Crippen MR) is 70.4 cm³/mol. The van der Waals surface area contributed by atoms with Gasteiger partial charge in [-0.3, -0.25) is 4.79 Å². The Balaban J connectivity index is 1.94. The molecule has 2 fully saturated rings. The van der Waals surface area contributed by atoms with Crippen LogP contribution in [0.4, 0.5) is 0 Å². The number of carbonyl (C=O) groups excluding carboxylic acids is 1. The molecule has 1 aromatic rings. The van der Waals surface area contributed by atoms with E-state index in [0.717, 1.165) is 12.8 Å². The molecule has 19 heavy (non-hydrogen) atoms. The number of amides is 1. The van der Waals surface area contributed by atoms with Crippen molar-refractivity contribution >= 4 is 27.5 Å². The van der Waals surface area contributed by atoms with E-state index < -0.39 is 15.9 Å². The van der Waals surface area contributed by atoms with E-state index in [1.165, 1.54) is 22.5 Å². The number of benzene rings is 1. The number of hydrogen-bond acceptors (Lipinski definition) is 3. The quantitative estimate of drug-likeness (QED) is 0.911. The molecule has 0 atom stereocenters. The number of halogens is 1. The summed E-state index contributed by atoms with van der Waals surface area (Å²) in [5.74, 6) is -0.693. The number of sulfonamides is 1. The molecule has 0 bridgehead atoms. The van der Waals surface area contributed by atoms with Gasteiger partial charge in [0.25, 0.3) is 0 Å². The molecule has 2 N–H and O–H groups in total. The third-order valence-electron chi connectivity index (χ3n) is 3.77. The fraction of sp³-hybridized carbons (Fsp3) is 0.417. The minimum Gasteiger partial charge on any atom is -0.366 e. The lowest BCUT2D eigenvalue weighted by atomic mass is 10.0. The van der Waals surface area contributed by atoms with Crippen molar-refractivity contribution in [2.75, 3.05) is 13.1 Å². The predicted octanol–water partition coefficient (Wildman–Crippen LogP) is 1.22. The molecular formula is C12H13ClN2O3S. The molecular weight excluding hydrogens is 288 g/mol. The minimum atomic E-state index is -3.57. The van der Waals surface area contributed by atoms with E-state index in [1.807, 2.05) is 0 Å². The summed E-state index contributed by atoms with van der Waals surface area (Å²) < 4.78 is 26.2. The molecule has 0 radical (unpaired) electrons. The van der Waals surface area contributed by atoms with Gasteiger partial charge in [0.15, 0.2) is 0 Å². The Kier molecular flexibility index (Phi) is 2.68. The van der Waals surface area contributed by atoms with Crippen molar-refractivity contribution < 1.29 is 13.2 Å².